The van der Waals surface area contributed by atoms with Gasteiger partial charge < -0.3 is 0 Å². The van der Waals surface area contributed by atoms with E-state index in [1.807, 2.05) is 48.5 Å². The molecule has 2 fully saturated rings. The van der Waals surface area contributed by atoms with Crippen LogP contribution >= 0.6 is 23.2 Å². The fourth-order valence-electron chi connectivity index (χ4n) is 5.60. The second kappa shape index (κ2) is 10.2. The van der Waals surface area contributed by atoms with Crippen molar-refractivity contribution >= 4 is 40.9 Å². The highest BCUT2D eigenvalue weighted by Crippen LogP contribution is 2.44. The lowest BCUT2D eigenvalue weighted by Crippen LogP contribution is -2.45. The van der Waals surface area contributed by atoms with E-state index in [1.165, 1.54) is 12.0 Å². The summed E-state index contributed by atoms with van der Waals surface area (Å²) in [5.41, 5.74) is 4.49. The third-order valence-corrected chi connectivity index (χ3v) is 7.96. The number of allylic oxidation sites excluding steroid dienone is 1. The van der Waals surface area contributed by atoms with E-state index in [0.717, 1.165) is 60.5 Å². The Labute approximate surface area is 212 Å². The van der Waals surface area contributed by atoms with Crippen LogP contribution in [0.25, 0.3) is 6.08 Å². The maximum absolute atomic E-state index is 13.7. The van der Waals surface area contributed by atoms with E-state index in [2.05, 4.69) is 17.9 Å². The van der Waals surface area contributed by atoms with E-state index in [9.17, 15) is 4.79 Å². The normalized spacial score (nSPS) is 26.4. The van der Waals surface area contributed by atoms with E-state index in [-0.39, 0.29) is 17.9 Å². The van der Waals surface area contributed by atoms with Crippen molar-refractivity contribution < 1.29 is 4.79 Å². The second-order valence-electron chi connectivity index (χ2n) is 9.76. The van der Waals surface area contributed by atoms with Crippen LogP contribution in [0.5, 0.6) is 0 Å². The number of nitrogens with zero attached hydrogens (tertiary/aromatic N) is 3. The van der Waals surface area contributed by atoms with E-state index in [1.54, 1.807) is 5.01 Å². The summed E-state index contributed by atoms with van der Waals surface area (Å²) in [6.07, 6.45) is 8.83. The molecule has 1 saturated heterocycles. The van der Waals surface area contributed by atoms with Gasteiger partial charge in [0, 0.05) is 22.0 Å². The summed E-state index contributed by atoms with van der Waals surface area (Å²) in [4.78, 5) is 16.0. The molecule has 4 nitrogen and oxygen atoms in total. The summed E-state index contributed by atoms with van der Waals surface area (Å²) in [5, 5.41) is 8.24. The third kappa shape index (κ3) is 4.95. The molecule has 0 spiro atoms. The Morgan fingerprint density at radius 1 is 1.00 bits per heavy atom. The number of rotatable bonds is 4. The van der Waals surface area contributed by atoms with Crippen molar-refractivity contribution in [2.75, 3.05) is 13.1 Å². The number of halogens is 2. The van der Waals surface area contributed by atoms with Crippen molar-refractivity contribution in [3.05, 3.63) is 75.3 Å². The van der Waals surface area contributed by atoms with Crippen LogP contribution in [0.2, 0.25) is 10.0 Å². The minimum absolute atomic E-state index is 0.0847. The van der Waals surface area contributed by atoms with Gasteiger partial charge in [-0.2, -0.15) is 5.10 Å². The van der Waals surface area contributed by atoms with E-state index < -0.39 is 0 Å². The minimum Gasteiger partial charge on any atom is -0.292 e. The van der Waals surface area contributed by atoms with Crippen LogP contribution in [0, 0.1) is 5.92 Å². The maximum Gasteiger partial charge on any atom is 0.257 e. The van der Waals surface area contributed by atoms with Crippen LogP contribution in [-0.2, 0) is 4.79 Å². The summed E-state index contributed by atoms with van der Waals surface area (Å²) in [6, 6.07) is 16.2. The molecule has 0 aromatic heterocycles. The molecule has 0 bridgehead atoms. The number of likely N-dealkylation sites (tertiary alicyclic amines) is 1. The Morgan fingerprint density at radius 3 is 2.41 bits per heavy atom. The maximum atomic E-state index is 13.7. The molecule has 1 aliphatic carbocycles. The van der Waals surface area contributed by atoms with Crippen molar-refractivity contribution in [3.8, 4) is 0 Å². The van der Waals surface area contributed by atoms with Gasteiger partial charge in [-0.3, -0.25) is 9.69 Å². The van der Waals surface area contributed by atoms with Gasteiger partial charge in [-0.15, -0.1) is 0 Å². The number of hydrogen-bond donors (Lipinski definition) is 0. The molecule has 34 heavy (non-hydrogen) atoms. The van der Waals surface area contributed by atoms with Crippen molar-refractivity contribution in [1.82, 2.24) is 9.91 Å². The first kappa shape index (κ1) is 23.6. The van der Waals surface area contributed by atoms with E-state index >= 15 is 0 Å². The van der Waals surface area contributed by atoms with Crippen LogP contribution in [0.1, 0.15) is 62.6 Å². The number of benzene rings is 2. The summed E-state index contributed by atoms with van der Waals surface area (Å²) in [7, 11) is 0. The molecule has 178 valence electrons. The van der Waals surface area contributed by atoms with Gasteiger partial charge in [-0.05, 0) is 92.6 Å². The second-order valence-corrected chi connectivity index (χ2v) is 10.6. The van der Waals surface area contributed by atoms with Gasteiger partial charge >= 0.3 is 0 Å². The highest BCUT2D eigenvalue weighted by molar-refractivity contribution is 6.30. The first-order valence-corrected chi connectivity index (χ1v) is 13.1. The van der Waals surface area contributed by atoms with Crippen LogP contribution in [-0.4, -0.2) is 40.7 Å². The first-order valence-electron chi connectivity index (χ1n) is 12.4. The highest BCUT2D eigenvalue weighted by Gasteiger charge is 2.44. The number of carbonyl (C=O) groups excluding carboxylic acids is 1. The molecule has 0 unspecified atom stereocenters. The third-order valence-electron chi connectivity index (χ3n) is 7.46. The number of hydrazone groups is 1. The van der Waals surface area contributed by atoms with Crippen LogP contribution in [0.15, 0.2) is 59.2 Å². The molecule has 2 heterocycles. The molecule has 1 amide bonds. The molecule has 2 aliphatic heterocycles. The lowest BCUT2D eigenvalue weighted by molar-refractivity contribution is -0.135. The van der Waals surface area contributed by atoms with Gasteiger partial charge in [0.15, 0.2) is 0 Å². The molecular weight excluding hydrogens is 465 g/mol. The molecule has 6 heteroatoms. The van der Waals surface area contributed by atoms with Gasteiger partial charge in [0.1, 0.15) is 0 Å². The van der Waals surface area contributed by atoms with Crippen LogP contribution in [0.4, 0.5) is 0 Å². The smallest absolute Gasteiger partial charge is 0.257 e. The Hall–Kier alpha value is -2.14. The van der Waals surface area contributed by atoms with Gasteiger partial charge in [-0.1, -0.05) is 53.9 Å². The predicted molar refractivity (Wildman–Crippen MR) is 140 cm³/mol. The van der Waals surface area contributed by atoms with Gasteiger partial charge in [0.05, 0.1) is 18.3 Å². The van der Waals surface area contributed by atoms with Crippen LogP contribution < -0.4 is 0 Å². The molecule has 5 rings (SSSR count). The van der Waals surface area contributed by atoms with Crippen LogP contribution in [0.3, 0.4) is 0 Å². The molecule has 2 aromatic carbocycles. The Balaban J connectivity index is 1.48. The minimum atomic E-state index is -0.0891. The number of amides is 1. The Kier molecular flexibility index (Phi) is 7.10. The number of fused-ring (bicyclic) bond motifs is 1. The van der Waals surface area contributed by atoms with Gasteiger partial charge in [0.25, 0.3) is 5.91 Å². The van der Waals surface area contributed by atoms with Crippen molar-refractivity contribution in [3.63, 3.8) is 0 Å². The Morgan fingerprint density at radius 2 is 1.71 bits per heavy atom. The zero-order valence-corrected chi connectivity index (χ0v) is 21.1. The topological polar surface area (TPSA) is 35.9 Å². The van der Waals surface area contributed by atoms with Gasteiger partial charge in [-0.25, -0.2) is 5.01 Å². The molecule has 1 saturated carbocycles. The fraction of sp³-hybridized carbons (Fsp3) is 0.429. The van der Waals surface area contributed by atoms with E-state index in [0.29, 0.717) is 17.6 Å². The van der Waals surface area contributed by atoms with Gasteiger partial charge in [0.2, 0.25) is 0 Å². The lowest BCUT2D eigenvalue weighted by Gasteiger charge is -2.35. The summed E-state index contributed by atoms with van der Waals surface area (Å²) in [5.74, 6) is 0.276. The lowest BCUT2D eigenvalue weighted by atomic mass is 9.77. The number of hydrogen-bond acceptors (Lipinski definition) is 3. The molecule has 3 aliphatic rings. The zero-order chi connectivity index (χ0) is 23.7. The molecule has 2 aromatic rings. The quantitative estimate of drug-likeness (QED) is 0.457. The number of piperidine rings is 1. The highest BCUT2D eigenvalue weighted by atomic mass is 35.5. The summed E-state index contributed by atoms with van der Waals surface area (Å²) >= 11 is 12.3. The first-order chi connectivity index (χ1) is 16.5. The largest absolute Gasteiger partial charge is 0.292 e. The average Bonchev–Trinajstić information content (AvgIpc) is 3.23. The van der Waals surface area contributed by atoms with Crippen molar-refractivity contribution in [1.29, 1.82) is 0 Å². The SMILES string of the molecule is C[C@@H]1CCCCN1CC(=O)N1N=C2/C(=C\c3ccc(Cl)cc3)CCC[C@@H]2[C@@H]1c1ccc(Cl)cc1. The molecule has 3 atom stereocenters. The Bertz CT molecular complexity index is 1090. The summed E-state index contributed by atoms with van der Waals surface area (Å²) in [6.45, 7) is 3.63. The fourth-order valence-corrected chi connectivity index (χ4v) is 5.85. The van der Waals surface area contributed by atoms with Crippen molar-refractivity contribution in [2.45, 2.75) is 57.5 Å². The predicted octanol–water partition coefficient (Wildman–Crippen LogP) is 6.99. The summed E-state index contributed by atoms with van der Waals surface area (Å²) < 4.78 is 0. The molecule has 0 N–H and O–H groups in total. The zero-order valence-electron chi connectivity index (χ0n) is 19.6. The standard InChI is InChI=1S/C28H31Cl2N3O/c1-19-5-2-3-16-32(19)18-26(34)33-28(21-10-14-24(30)15-11-21)25-7-4-6-22(27(25)31-33)17-20-8-12-23(29)13-9-20/h8-15,17,19,25,28H,2-7,16,18H2,1H3/b22-17-/t19-,25+,28+/m1/s1. The molecule has 0 radical (unpaired) electrons. The molecular formula is C28H31Cl2N3O. The average molecular weight is 496 g/mol. The monoisotopic (exact) mass is 495 g/mol. The van der Waals surface area contributed by atoms with Crippen molar-refractivity contribution in [2.24, 2.45) is 11.0 Å². The van der Waals surface area contributed by atoms with E-state index in [4.69, 9.17) is 28.3 Å². The number of carbonyl (C=O) groups is 1.